The molecule has 0 saturated heterocycles. The van der Waals surface area contributed by atoms with Gasteiger partial charge in [-0.2, -0.15) is 5.26 Å². The van der Waals surface area contributed by atoms with Crippen molar-refractivity contribution in [2.75, 3.05) is 0 Å². The standard InChI is InChI=1S/C12H10ClN3OS/c1-2-16-11(18)9-3-8(6-14)7(5-13)4-10(9)15-12(16)17/h3-4H,2,5H2,1H3,(H,15,17). The summed E-state index contributed by atoms with van der Waals surface area (Å²) < 4.78 is 1.90. The molecule has 1 N–H and O–H groups in total. The molecule has 0 atom stereocenters. The topological polar surface area (TPSA) is 61.6 Å². The SMILES string of the molecule is CCn1c(=O)[nH]c2cc(CCl)c(C#N)cc2c1=S. The molecule has 0 bridgehead atoms. The number of H-pyrrole nitrogens is 1. The number of nitrogens with zero attached hydrogens (tertiary/aromatic N) is 2. The van der Waals surface area contributed by atoms with Gasteiger partial charge in [0.1, 0.15) is 4.64 Å². The van der Waals surface area contributed by atoms with Crippen LogP contribution in [0.4, 0.5) is 0 Å². The second-order valence-electron chi connectivity index (χ2n) is 3.78. The molecule has 0 amide bonds. The monoisotopic (exact) mass is 279 g/mol. The van der Waals surface area contributed by atoms with Gasteiger partial charge in [-0.15, -0.1) is 11.6 Å². The van der Waals surface area contributed by atoms with Crippen molar-refractivity contribution in [2.45, 2.75) is 19.3 Å². The van der Waals surface area contributed by atoms with Crippen molar-refractivity contribution < 1.29 is 0 Å². The van der Waals surface area contributed by atoms with Gasteiger partial charge in [0.15, 0.2) is 0 Å². The number of halogens is 1. The molecule has 2 aromatic rings. The molecular weight excluding hydrogens is 270 g/mol. The quantitative estimate of drug-likeness (QED) is 0.679. The van der Waals surface area contributed by atoms with Crippen LogP contribution < -0.4 is 5.69 Å². The maximum Gasteiger partial charge on any atom is 0.326 e. The van der Waals surface area contributed by atoms with Crippen LogP contribution in [0.2, 0.25) is 0 Å². The normalized spacial score (nSPS) is 10.5. The Bertz CT molecular complexity index is 770. The van der Waals surface area contributed by atoms with Crippen LogP contribution in [0.25, 0.3) is 10.9 Å². The van der Waals surface area contributed by atoms with Crippen molar-refractivity contribution >= 4 is 34.7 Å². The van der Waals surface area contributed by atoms with Crippen molar-refractivity contribution in [1.82, 2.24) is 9.55 Å². The minimum absolute atomic E-state index is 0.219. The first-order chi connectivity index (χ1) is 8.62. The third-order valence-electron chi connectivity index (χ3n) is 2.79. The second-order valence-corrected chi connectivity index (χ2v) is 4.43. The average Bonchev–Trinajstić information content (AvgIpc) is 2.37. The van der Waals surface area contributed by atoms with Gasteiger partial charge in [-0.1, -0.05) is 12.2 Å². The van der Waals surface area contributed by atoms with E-state index in [9.17, 15) is 4.79 Å². The molecule has 6 heteroatoms. The average molecular weight is 280 g/mol. The Morgan fingerprint density at radius 2 is 2.28 bits per heavy atom. The van der Waals surface area contributed by atoms with Gasteiger partial charge in [0.05, 0.1) is 17.1 Å². The van der Waals surface area contributed by atoms with Crippen LogP contribution in [0, 0.1) is 16.0 Å². The Labute approximate surface area is 113 Å². The molecule has 92 valence electrons. The fourth-order valence-corrected chi connectivity index (χ4v) is 2.45. The minimum Gasteiger partial charge on any atom is -0.307 e. The molecule has 0 aliphatic heterocycles. The van der Waals surface area contributed by atoms with Gasteiger partial charge in [-0.25, -0.2) is 4.79 Å². The number of nitrogens with one attached hydrogen (secondary N) is 1. The Morgan fingerprint density at radius 3 is 2.83 bits per heavy atom. The molecule has 1 aromatic heterocycles. The predicted octanol–water partition coefficient (Wildman–Crippen LogP) is 2.69. The van der Waals surface area contributed by atoms with Crippen molar-refractivity contribution in [2.24, 2.45) is 0 Å². The van der Waals surface area contributed by atoms with Crippen molar-refractivity contribution in [3.8, 4) is 6.07 Å². The molecule has 1 heterocycles. The number of hydrogen-bond acceptors (Lipinski definition) is 3. The molecule has 0 aliphatic carbocycles. The van der Waals surface area contributed by atoms with Gasteiger partial charge >= 0.3 is 5.69 Å². The minimum atomic E-state index is -0.250. The Kier molecular flexibility index (Phi) is 3.50. The predicted molar refractivity (Wildman–Crippen MR) is 73.3 cm³/mol. The smallest absolute Gasteiger partial charge is 0.307 e. The van der Waals surface area contributed by atoms with E-state index >= 15 is 0 Å². The van der Waals surface area contributed by atoms with Crippen LogP contribution in [0.1, 0.15) is 18.1 Å². The van der Waals surface area contributed by atoms with Crippen molar-refractivity contribution in [3.05, 3.63) is 38.4 Å². The zero-order chi connectivity index (χ0) is 13.3. The molecular formula is C12H10ClN3OS. The summed E-state index contributed by atoms with van der Waals surface area (Å²) in [5.74, 6) is 0.219. The highest BCUT2D eigenvalue weighted by Gasteiger charge is 2.08. The number of aromatic amines is 1. The molecule has 1 aromatic carbocycles. The molecule has 0 saturated carbocycles. The Hall–Kier alpha value is -1.64. The summed E-state index contributed by atoms with van der Waals surface area (Å²) in [6, 6.07) is 5.47. The van der Waals surface area contributed by atoms with Crippen LogP contribution in [0.3, 0.4) is 0 Å². The number of alkyl halides is 1. The van der Waals surface area contributed by atoms with E-state index in [-0.39, 0.29) is 11.6 Å². The second kappa shape index (κ2) is 4.92. The molecule has 0 fully saturated rings. The molecule has 2 rings (SSSR count). The van der Waals surface area contributed by atoms with E-state index in [1.54, 1.807) is 12.1 Å². The molecule has 0 unspecified atom stereocenters. The number of aromatic nitrogens is 2. The summed E-state index contributed by atoms with van der Waals surface area (Å²) in [4.78, 5) is 14.5. The maximum atomic E-state index is 11.8. The van der Waals surface area contributed by atoms with E-state index in [4.69, 9.17) is 29.1 Å². The fourth-order valence-electron chi connectivity index (χ4n) is 1.85. The van der Waals surface area contributed by atoms with Gasteiger partial charge in [0, 0.05) is 17.8 Å². The van der Waals surface area contributed by atoms with E-state index in [0.717, 1.165) is 0 Å². The van der Waals surface area contributed by atoms with E-state index in [1.807, 2.05) is 6.92 Å². The molecule has 0 spiro atoms. The lowest BCUT2D eigenvalue weighted by atomic mass is 10.1. The lowest BCUT2D eigenvalue weighted by molar-refractivity contribution is 0.699. The fraction of sp³-hybridized carbons (Fsp3) is 0.250. The van der Waals surface area contributed by atoms with Crippen LogP contribution in [-0.4, -0.2) is 9.55 Å². The number of nitriles is 1. The first-order valence-corrected chi connectivity index (χ1v) is 6.32. The van der Waals surface area contributed by atoms with E-state index in [2.05, 4.69) is 11.1 Å². The van der Waals surface area contributed by atoms with Crippen LogP contribution in [-0.2, 0) is 12.4 Å². The van der Waals surface area contributed by atoms with Gasteiger partial charge < -0.3 is 4.98 Å². The summed E-state index contributed by atoms with van der Waals surface area (Å²) in [5, 5.41) is 9.75. The zero-order valence-corrected chi connectivity index (χ0v) is 11.2. The number of fused-ring (bicyclic) bond motifs is 1. The van der Waals surface area contributed by atoms with E-state index in [1.165, 1.54) is 4.57 Å². The van der Waals surface area contributed by atoms with Crippen molar-refractivity contribution in [3.63, 3.8) is 0 Å². The molecule has 4 nitrogen and oxygen atoms in total. The van der Waals surface area contributed by atoms with E-state index < -0.39 is 0 Å². The summed E-state index contributed by atoms with van der Waals surface area (Å²) >= 11 is 11.0. The third-order valence-corrected chi connectivity index (χ3v) is 3.51. The summed E-state index contributed by atoms with van der Waals surface area (Å²) in [5.41, 5.74) is 1.54. The van der Waals surface area contributed by atoms with Gasteiger partial charge in [-0.3, -0.25) is 4.57 Å². The zero-order valence-electron chi connectivity index (χ0n) is 9.66. The lowest BCUT2D eigenvalue weighted by Gasteiger charge is -2.07. The maximum absolute atomic E-state index is 11.8. The molecule has 18 heavy (non-hydrogen) atoms. The highest BCUT2D eigenvalue weighted by atomic mass is 35.5. The first kappa shape index (κ1) is 12.8. The summed E-state index contributed by atoms with van der Waals surface area (Å²) in [6.07, 6.45) is 0. The van der Waals surface area contributed by atoms with Gasteiger partial charge in [-0.05, 0) is 24.6 Å². The highest BCUT2D eigenvalue weighted by Crippen LogP contribution is 2.19. The number of benzene rings is 1. The molecule has 0 radical (unpaired) electrons. The van der Waals surface area contributed by atoms with E-state index in [0.29, 0.717) is 33.2 Å². The third kappa shape index (κ3) is 1.94. The van der Waals surface area contributed by atoms with Crippen molar-refractivity contribution in [1.29, 1.82) is 5.26 Å². The largest absolute Gasteiger partial charge is 0.326 e. The van der Waals surface area contributed by atoms with Crippen LogP contribution in [0.5, 0.6) is 0 Å². The van der Waals surface area contributed by atoms with Crippen LogP contribution in [0.15, 0.2) is 16.9 Å². The Morgan fingerprint density at radius 1 is 1.56 bits per heavy atom. The highest BCUT2D eigenvalue weighted by molar-refractivity contribution is 7.71. The number of rotatable bonds is 2. The van der Waals surface area contributed by atoms with Crippen LogP contribution >= 0.6 is 23.8 Å². The van der Waals surface area contributed by atoms with Gasteiger partial charge in [0.25, 0.3) is 0 Å². The molecule has 0 aliphatic rings. The summed E-state index contributed by atoms with van der Waals surface area (Å²) in [7, 11) is 0. The lowest BCUT2D eigenvalue weighted by Crippen LogP contribution is -2.22. The summed E-state index contributed by atoms with van der Waals surface area (Å²) in [6.45, 7) is 2.33. The Balaban J connectivity index is 2.96. The first-order valence-electron chi connectivity index (χ1n) is 5.38. The van der Waals surface area contributed by atoms with Gasteiger partial charge in [0.2, 0.25) is 0 Å². The number of hydrogen-bond donors (Lipinski definition) is 1.